The van der Waals surface area contributed by atoms with Crippen molar-refractivity contribution in [1.82, 2.24) is 0 Å². The summed E-state index contributed by atoms with van der Waals surface area (Å²) in [7, 11) is 0. The van der Waals surface area contributed by atoms with E-state index in [-0.39, 0.29) is 25.3 Å². The topological polar surface area (TPSA) is 35.2 Å². The van der Waals surface area contributed by atoms with Crippen LogP contribution in [0.25, 0.3) is 0 Å². The predicted octanol–water partition coefficient (Wildman–Crippen LogP) is 3.43. The molecule has 2 nitrogen and oxygen atoms in total. The van der Waals surface area contributed by atoms with Crippen molar-refractivity contribution in [2.75, 3.05) is 13.2 Å². The van der Waals surface area contributed by atoms with Crippen LogP contribution in [0.2, 0.25) is 0 Å². The highest BCUT2D eigenvalue weighted by atomic mass is 79.9. The van der Waals surface area contributed by atoms with Crippen LogP contribution in [0.15, 0.2) is 22.7 Å². The van der Waals surface area contributed by atoms with Gasteiger partial charge in [0.05, 0.1) is 0 Å². The molecule has 7 heteroatoms. The number of ether oxygens (including phenoxy) is 1. The van der Waals surface area contributed by atoms with Gasteiger partial charge in [0.2, 0.25) is 0 Å². The van der Waals surface area contributed by atoms with E-state index in [0.717, 1.165) is 0 Å². The van der Waals surface area contributed by atoms with Gasteiger partial charge in [-0.15, -0.1) is 0 Å². The predicted molar refractivity (Wildman–Crippen MR) is 67.3 cm³/mol. The summed E-state index contributed by atoms with van der Waals surface area (Å²) in [5, 5.41) is 0. The van der Waals surface area contributed by atoms with Crippen molar-refractivity contribution in [3.63, 3.8) is 0 Å². The van der Waals surface area contributed by atoms with Gasteiger partial charge >= 0.3 is 6.18 Å². The third-order valence-electron chi connectivity index (χ3n) is 2.40. The van der Waals surface area contributed by atoms with Crippen LogP contribution in [0.3, 0.4) is 0 Å². The number of nitrogens with two attached hydrogens (primary N) is 1. The Hall–Kier alpha value is -0.660. The Morgan fingerprint density at radius 2 is 2.00 bits per heavy atom. The first-order valence-electron chi connectivity index (χ1n) is 5.62. The smallest absolute Gasteiger partial charge is 0.372 e. The summed E-state index contributed by atoms with van der Waals surface area (Å²) in [4.78, 5) is 0. The molecule has 1 atom stereocenters. The highest BCUT2D eigenvalue weighted by Gasteiger charge is 2.27. The molecule has 1 unspecified atom stereocenters. The lowest BCUT2D eigenvalue weighted by molar-refractivity contribution is -0.174. The van der Waals surface area contributed by atoms with Gasteiger partial charge in [-0.2, -0.15) is 13.2 Å². The van der Waals surface area contributed by atoms with E-state index in [1.807, 2.05) is 0 Å². The second-order valence-corrected chi connectivity index (χ2v) is 5.07. The van der Waals surface area contributed by atoms with E-state index in [4.69, 9.17) is 5.73 Å². The number of benzene rings is 1. The molecule has 0 aliphatic rings. The second kappa shape index (κ2) is 7.21. The molecule has 0 saturated heterocycles. The van der Waals surface area contributed by atoms with E-state index in [2.05, 4.69) is 20.7 Å². The Balaban J connectivity index is 2.33. The Morgan fingerprint density at radius 1 is 1.32 bits per heavy atom. The van der Waals surface area contributed by atoms with E-state index in [1.165, 1.54) is 6.07 Å². The van der Waals surface area contributed by atoms with Crippen molar-refractivity contribution in [3.8, 4) is 0 Å². The van der Waals surface area contributed by atoms with Crippen LogP contribution in [-0.4, -0.2) is 25.4 Å². The maximum absolute atomic E-state index is 13.5. The molecule has 0 aromatic heterocycles. The third kappa shape index (κ3) is 6.89. The molecule has 1 aromatic rings. The van der Waals surface area contributed by atoms with Crippen molar-refractivity contribution in [2.24, 2.45) is 5.73 Å². The Morgan fingerprint density at radius 3 is 2.58 bits per heavy atom. The van der Waals surface area contributed by atoms with Gasteiger partial charge in [0.25, 0.3) is 0 Å². The van der Waals surface area contributed by atoms with E-state index >= 15 is 0 Å². The van der Waals surface area contributed by atoms with Crippen LogP contribution in [0.1, 0.15) is 12.0 Å². The first kappa shape index (κ1) is 16.4. The van der Waals surface area contributed by atoms with Gasteiger partial charge in [0.1, 0.15) is 12.4 Å². The zero-order valence-corrected chi connectivity index (χ0v) is 11.6. The minimum atomic E-state index is -4.33. The summed E-state index contributed by atoms with van der Waals surface area (Å²) in [6.07, 6.45) is -3.83. The fourth-order valence-corrected chi connectivity index (χ4v) is 1.83. The average Bonchev–Trinajstić information content (AvgIpc) is 2.27. The number of alkyl halides is 3. The molecule has 0 bridgehead atoms. The molecular weight excluding hydrogens is 330 g/mol. The molecule has 0 aliphatic carbocycles. The summed E-state index contributed by atoms with van der Waals surface area (Å²) in [5.74, 6) is -0.388. The van der Waals surface area contributed by atoms with Crippen LogP contribution < -0.4 is 5.73 Å². The lowest BCUT2D eigenvalue weighted by atomic mass is 10.0. The van der Waals surface area contributed by atoms with Crippen molar-refractivity contribution < 1.29 is 22.3 Å². The Bertz CT molecular complexity index is 411. The first-order chi connectivity index (χ1) is 8.78. The van der Waals surface area contributed by atoms with Crippen molar-refractivity contribution in [2.45, 2.75) is 25.1 Å². The standard InChI is InChI=1S/C12H14BrF4NO/c13-9-2-1-8(11(14)6-9)5-10(18)3-4-19-7-12(15,16)17/h1-2,6,10H,3-5,7,18H2. The molecule has 0 spiro atoms. The molecule has 0 saturated carbocycles. The SMILES string of the molecule is NC(CCOCC(F)(F)F)Cc1ccc(Br)cc1F. The lowest BCUT2D eigenvalue weighted by Crippen LogP contribution is -2.26. The zero-order chi connectivity index (χ0) is 14.5. The van der Waals surface area contributed by atoms with Crippen LogP contribution in [0.4, 0.5) is 17.6 Å². The van der Waals surface area contributed by atoms with E-state index in [9.17, 15) is 17.6 Å². The van der Waals surface area contributed by atoms with Crippen LogP contribution >= 0.6 is 15.9 Å². The summed E-state index contributed by atoms with van der Waals surface area (Å²) < 4.78 is 54.0. The van der Waals surface area contributed by atoms with E-state index in [1.54, 1.807) is 12.1 Å². The molecule has 19 heavy (non-hydrogen) atoms. The largest absolute Gasteiger partial charge is 0.411 e. The molecule has 1 rings (SSSR count). The van der Waals surface area contributed by atoms with Crippen molar-refractivity contribution in [1.29, 1.82) is 0 Å². The third-order valence-corrected chi connectivity index (χ3v) is 2.89. The monoisotopic (exact) mass is 343 g/mol. The zero-order valence-electron chi connectivity index (χ0n) is 10.0. The number of hydrogen-bond acceptors (Lipinski definition) is 2. The molecule has 108 valence electrons. The van der Waals surface area contributed by atoms with Gasteiger partial charge in [-0.05, 0) is 30.5 Å². The lowest BCUT2D eigenvalue weighted by Gasteiger charge is -2.13. The quantitative estimate of drug-likeness (QED) is 0.634. The van der Waals surface area contributed by atoms with E-state index < -0.39 is 18.8 Å². The second-order valence-electron chi connectivity index (χ2n) is 4.16. The van der Waals surface area contributed by atoms with Crippen LogP contribution in [0.5, 0.6) is 0 Å². The van der Waals surface area contributed by atoms with E-state index in [0.29, 0.717) is 10.0 Å². The molecular formula is C12H14BrF4NO. The maximum Gasteiger partial charge on any atom is 0.411 e. The van der Waals surface area contributed by atoms with Crippen LogP contribution in [0, 0.1) is 5.82 Å². The molecule has 0 amide bonds. The molecule has 0 fully saturated rings. The summed E-state index contributed by atoms with van der Waals surface area (Å²) in [5.41, 5.74) is 6.16. The van der Waals surface area contributed by atoms with Gasteiger partial charge in [0.15, 0.2) is 0 Å². The number of halogens is 5. The maximum atomic E-state index is 13.5. The molecule has 2 N–H and O–H groups in total. The Kier molecular flexibility index (Phi) is 6.22. The van der Waals surface area contributed by atoms with Crippen molar-refractivity contribution in [3.05, 3.63) is 34.1 Å². The number of rotatable bonds is 6. The fraction of sp³-hybridized carbons (Fsp3) is 0.500. The normalized spacial score (nSPS) is 13.6. The van der Waals surface area contributed by atoms with Gasteiger partial charge in [-0.3, -0.25) is 0 Å². The fourth-order valence-electron chi connectivity index (χ4n) is 1.49. The summed E-state index contributed by atoms with van der Waals surface area (Å²) in [6.45, 7) is -1.38. The highest BCUT2D eigenvalue weighted by Crippen LogP contribution is 2.17. The van der Waals surface area contributed by atoms with Gasteiger partial charge in [0, 0.05) is 17.1 Å². The van der Waals surface area contributed by atoms with Gasteiger partial charge in [-0.1, -0.05) is 22.0 Å². The summed E-state index contributed by atoms with van der Waals surface area (Å²) in [6, 6.07) is 4.16. The Labute approximate surface area is 117 Å². The van der Waals surface area contributed by atoms with Crippen molar-refractivity contribution >= 4 is 15.9 Å². The van der Waals surface area contributed by atoms with Gasteiger partial charge in [-0.25, -0.2) is 4.39 Å². The molecule has 1 aromatic carbocycles. The van der Waals surface area contributed by atoms with Crippen LogP contribution in [-0.2, 0) is 11.2 Å². The average molecular weight is 344 g/mol. The molecule has 0 radical (unpaired) electrons. The van der Waals surface area contributed by atoms with Gasteiger partial charge < -0.3 is 10.5 Å². The number of hydrogen-bond donors (Lipinski definition) is 1. The first-order valence-corrected chi connectivity index (χ1v) is 6.41. The minimum absolute atomic E-state index is 0.0984. The molecule has 0 aliphatic heterocycles. The highest BCUT2D eigenvalue weighted by molar-refractivity contribution is 9.10. The minimum Gasteiger partial charge on any atom is -0.372 e. The summed E-state index contributed by atoms with van der Waals surface area (Å²) >= 11 is 3.13. The molecule has 0 heterocycles.